The number of aromatic nitrogens is 2. The number of nitrogens with zero attached hydrogens (tertiary/aromatic N) is 3. The Kier molecular flexibility index (Phi) is 5.74. The van der Waals surface area contributed by atoms with Crippen molar-refractivity contribution < 1.29 is 4.79 Å². The van der Waals surface area contributed by atoms with Crippen LogP contribution >= 0.6 is 0 Å². The van der Waals surface area contributed by atoms with Crippen molar-refractivity contribution in [2.75, 3.05) is 18.0 Å². The standard InChI is InChI=1S/C20H28N4O/c1-16-7-11-24(12-8-16)19-6-5-18(14-21-19)15-22-20(25)13-17(2)23-9-3-4-10-23/h3-6,9-10,14,16-17H,7-8,11-13,15H2,1-2H3,(H,22,25)/t17-/m0/s1. The molecule has 1 amide bonds. The molecule has 1 fully saturated rings. The SMILES string of the molecule is CC1CCN(c2ccc(CNC(=O)C[C@H](C)n3cccc3)cn2)CC1. The molecule has 1 atom stereocenters. The highest BCUT2D eigenvalue weighted by molar-refractivity contribution is 5.76. The maximum Gasteiger partial charge on any atom is 0.222 e. The average molecular weight is 340 g/mol. The Bertz CT molecular complexity index is 658. The highest BCUT2D eigenvalue weighted by atomic mass is 16.1. The summed E-state index contributed by atoms with van der Waals surface area (Å²) in [7, 11) is 0. The zero-order valence-electron chi connectivity index (χ0n) is 15.2. The highest BCUT2D eigenvalue weighted by Gasteiger charge is 2.16. The number of pyridine rings is 1. The van der Waals surface area contributed by atoms with E-state index in [9.17, 15) is 4.79 Å². The van der Waals surface area contributed by atoms with Crippen LogP contribution in [0.3, 0.4) is 0 Å². The van der Waals surface area contributed by atoms with Gasteiger partial charge in [0.1, 0.15) is 5.82 Å². The third-order valence-corrected chi connectivity index (χ3v) is 5.02. The lowest BCUT2D eigenvalue weighted by atomic mass is 9.99. The molecule has 1 N–H and O–H groups in total. The van der Waals surface area contributed by atoms with E-state index >= 15 is 0 Å². The molecule has 134 valence electrons. The lowest BCUT2D eigenvalue weighted by molar-refractivity contribution is -0.121. The number of carbonyl (C=O) groups is 1. The molecule has 0 aromatic carbocycles. The van der Waals surface area contributed by atoms with Gasteiger partial charge >= 0.3 is 0 Å². The second-order valence-corrected chi connectivity index (χ2v) is 7.15. The van der Waals surface area contributed by atoms with Crippen molar-refractivity contribution >= 4 is 11.7 Å². The number of carbonyl (C=O) groups excluding carboxylic acids is 1. The van der Waals surface area contributed by atoms with Gasteiger partial charge in [-0.05, 0) is 49.4 Å². The van der Waals surface area contributed by atoms with Crippen molar-refractivity contribution in [2.45, 2.75) is 45.7 Å². The van der Waals surface area contributed by atoms with E-state index in [-0.39, 0.29) is 11.9 Å². The minimum absolute atomic E-state index is 0.0651. The quantitative estimate of drug-likeness (QED) is 0.877. The van der Waals surface area contributed by atoms with Crippen molar-refractivity contribution in [2.24, 2.45) is 5.92 Å². The smallest absolute Gasteiger partial charge is 0.222 e. The van der Waals surface area contributed by atoms with Gasteiger partial charge in [-0.15, -0.1) is 0 Å². The van der Waals surface area contributed by atoms with E-state index in [0.717, 1.165) is 30.4 Å². The first kappa shape index (κ1) is 17.5. The van der Waals surface area contributed by atoms with Crippen LogP contribution in [0.25, 0.3) is 0 Å². The summed E-state index contributed by atoms with van der Waals surface area (Å²) in [6.07, 6.45) is 8.80. The van der Waals surface area contributed by atoms with E-state index in [1.807, 2.05) is 30.7 Å². The number of rotatable bonds is 6. The number of piperidine rings is 1. The number of amides is 1. The van der Waals surface area contributed by atoms with E-state index < -0.39 is 0 Å². The van der Waals surface area contributed by atoms with Crippen LogP contribution in [0, 0.1) is 5.92 Å². The fourth-order valence-electron chi connectivity index (χ4n) is 3.23. The molecule has 3 heterocycles. The molecule has 3 rings (SSSR count). The van der Waals surface area contributed by atoms with Crippen LogP contribution in [0.4, 0.5) is 5.82 Å². The Balaban J connectivity index is 1.46. The first-order valence-corrected chi connectivity index (χ1v) is 9.21. The van der Waals surface area contributed by atoms with E-state index in [0.29, 0.717) is 13.0 Å². The summed E-state index contributed by atoms with van der Waals surface area (Å²) in [5, 5.41) is 2.99. The fourth-order valence-corrected chi connectivity index (χ4v) is 3.23. The Morgan fingerprint density at radius 3 is 2.64 bits per heavy atom. The number of anilines is 1. The third-order valence-electron chi connectivity index (χ3n) is 5.02. The summed E-state index contributed by atoms with van der Waals surface area (Å²) >= 11 is 0. The molecule has 5 heteroatoms. The minimum atomic E-state index is 0.0651. The third kappa shape index (κ3) is 4.84. The van der Waals surface area contributed by atoms with Crippen molar-refractivity contribution in [3.8, 4) is 0 Å². The van der Waals surface area contributed by atoms with E-state index in [4.69, 9.17) is 0 Å². The average Bonchev–Trinajstić information content (AvgIpc) is 3.16. The summed E-state index contributed by atoms with van der Waals surface area (Å²) in [5.41, 5.74) is 1.04. The van der Waals surface area contributed by atoms with E-state index in [1.54, 1.807) is 0 Å². The summed E-state index contributed by atoms with van der Waals surface area (Å²) in [5.74, 6) is 1.93. The molecule has 1 saturated heterocycles. The van der Waals surface area contributed by atoms with Crippen LogP contribution in [0.5, 0.6) is 0 Å². The molecule has 2 aromatic heterocycles. The van der Waals surface area contributed by atoms with Gasteiger partial charge in [0.15, 0.2) is 0 Å². The maximum atomic E-state index is 12.1. The predicted molar refractivity (Wildman–Crippen MR) is 100 cm³/mol. The molecule has 0 radical (unpaired) electrons. The van der Waals surface area contributed by atoms with Crippen LogP contribution < -0.4 is 10.2 Å². The summed E-state index contributed by atoms with van der Waals surface area (Å²) < 4.78 is 2.05. The molecular weight excluding hydrogens is 312 g/mol. The summed E-state index contributed by atoms with van der Waals surface area (Å²) in [4.78, 5) is 19.0. The lowest BCUT2D eigenvalue weighted by Crippen LogP contribution is -2.33. The molecule has 25 heavy (non-hydrogen) atoms. The molecule has 2 aromatic rings. The van der Waals surface area contributed by atoms with Crippen LogP contribution in [0.1, 0.15) is 44.7 Å². The van der Waals surface area contributed by atoms with E-state index in [1.165, 1.54) is 12.8 Å². The summed E-state index contributed by atoms with van der Waals surface area (Å²) in [6.45, 7) is 7.06. The molecule has 0 aliphatic carbocycles. The fraction of sp³-hybridized carbons (Fsp3) is 0.500. The largest absolute Gasteiger partial charge is 0.357 e. The summed E-state index contributed by atoms with van der Waals surface area (Å²) in [6, 6.07) is 8.25. The van der Waals surface area contributed by atoms with Gasteiger partial charge in [0.2, 0.25) is 5.91 Å². The molecule has 0 saturated carbocycles. The van der Waals surface area contributed by atoms with Gasteiger partial charge < -0.3 is 14.8 Å². The van der Waals surface area contributed by atoms with Crippen molar-refractivity contribution in [3.05, 3.63) is 48.4 Å². The molecule has 0 bridgehead atoms. The zero-order valence-corrected chi connectivity index (χ0v) is 15.2. The topological polar surface area (TPSA) is 50.2 Å². The second kappa shape index (κ2) is 8.19. The molecule has 0 unspecified atom stereocenters. The predicted octanol–water partition coefficient (Wildman–Crippen LogP) is 3.39. The normalized spacial score (nSPS) is 16.6. The van der Waals surface area contributed by atoms with E-state index in [2.05, 4.69) is 45.7 Å². The number of hydrogen-bond acceptors (Lipinski definition) is 3. The van der Waals surface area contributed by atoms with Gasteiger partial charge in [0.05, 0.1) is 0 Å². The monoisotopic (exact) mass is 340 g/mol. The Morgan fingerprint density at radius 2 is 2.00 bits per heavy atom. The number of nitrogens with one attached hydrogen (secondary N) is 1. The van der Waals surface area contributed by atoms with Gasteiger partial charge in [0.25, 0.3) is 0 Å². The van der Waals surface area contributed by atoms with Crippen LogP contribution in [-0.4, -0.2) is 28.5 Å². The Morgan fingerprint density at radius 1 is 1.28 bits per heavy atom. The van der Waals surface area contributed by atoms with Crippen LogP contribution in [0.2, 0.25) is 0 Å². The first-order valence-electron chi connectivity index (χ1n) is 9.21. The Labute approximate surface area is 150 Å². The van der Waals surface area contributed by atoms with Gasteiger partial charge in [-0.2, -0.15) is 0 Å². The van der Waals surface area contributed by atoms with Gasteiger partial charge in [-0.1, -0.05) is 13.0 Å². The first-order chi connectivity index (χ1) is 12.1. The second-order valence-electron chi connectivity index (χ2n) is 7.15. The maximum absolute atomic E-state index is 12.1. The molecule has 1 aliphatic rings. The van der Waals surface area contributed by atoms with Crippen LogP contribution in [-0.2, 0) is 11.3 Å². The van der Waals surface area contributed by atoms with Crippen molar-refractivity contribution in [1.82, 2.24) is 14.9 Å². The van der Waals surface area contributed by atoms with Crippen molar-refractivity contribution in [3.63, 3.8) is 0 Å². The molecule has 1 aliphatic heterocycles. The Hall–Kier alpha value is -2.30. The molecular formula is C20H28N4O. The molecule has 0 spiro atoms. The zero-order chi connectivity index (χ0) is 17.6. The lowest BCUT2D eigenvalue weighted by Gasteiger charge is -2.31. The van der Waals surface area contributed by atoms with Gasteiger partial charge in [-0.3, -0.25) is 4.79 Å². The van der Waals surface area contributed by atoms with Gasteiger partial charge in [-0.25, -0.2) is 4.98 Å². The van der Waals surface area contributed by atoms with Gasteiger partial charge in [0, 0.05) is 50.7 Å². The van der Waals surface area contributed by atoms with Crippen molar-refractivity contribution in [1.29, 1.82) is 0 Å². The van der Waals surface area contributed by atoms with Crippen LogP contribution in [0.15, 0.2) is 42.9 Å². The number of hydrogen-bond donors (Lipinski definition) is 1. The molecule has 5 nitrogen and oxygen atoms in total. The highest BCUT2D eigenvalue weighted by Crippen LogP contribution is 2.21. The minimum Gasteiger partial charge on any atom is -0.357 e.